The molecule has 1 saturated heterocycles. The van der Waals surface area contributed by atoms with E-state index in [4.69, 9.17) is 16.6 Å². The maximum Gasteiger partial charge on any atom is 0.0920 e. The van der Waals surface area contributed by atoms with Crippen molar-refractivity contribution in [3.8, 4) is 11.3 Å². The highest BCUT2D eigenvalue weighted by Gasteiger charge is 2.33. The Morgan fingerprint density at radius 2 is 1.59 bits per heavy atom. The van der Waals surface area contributed by atoms with Gasteiger partial charge in [-0.05, 0) is 42.7 Å². The van der Waals surface area contributed by atoms with Crippen LogP contribution >= 0.6 is 11.6 Å². The molecule has 0 amide bonds. The molecular formula is C23H23ClN2O. The lowest BCUT2D eigenvalue weighted by Crippen LogP contribution is -2.42. The van der Waals surface area contributed by atoms with Crippen LogP contribution in [-0.2, 0) is 12.1 Å². The zero-order valence-electron chi connectivity index (χ0n) is 15.2. The summed E-state index contributed by atoms with van der Waals surface area (Å²) in [5, 5.41) is 11.7. The van der Waals surface area contributed by atoms with E-state index in [9.17, 15) is 5.11 Å². The fraction of sp³-hybridized carbons (Fsp3) is 0.261. The average molecular weight is 379 g/mol. The van der Waals surface area contributed by atoms with Crippen LogP contribution < -0.4 is 0 Å². The lowest BCUT2D eigenvalue weighted by molar-refractivity contribution is -0.0279. The van der Waals surface area contributed by atoms with Crippen LogP contribution in [0.25, 0.3) is 11.3 Å². The fourth-order valence-electron chi connectivity index (χ4n) is 3.70. The van der Waals surface area contributed by atoms with Gasteiger partial charge in [0.25, 0.3) is 0 Å². The number of nitrogens with zero attached hydrogens (tertiary/aromatic N) is 2. The second kappa shape index (κ2) is 7.81. The third-order valence-corrected chi connectivity index (χ3v) is 5.58. The lowest BCUT2D eigenvalue weighted by Gasteiger charge is -2.38. The Labute approximate surface area is 165 Å². The van der Waals surface area contributed by atoms with Crippen molar-refractivity contribution in [2.45, 2.75) is 25.0 Å². The zero-order valence-corrected chi connectivity index (χ0v) is 15.9. The van der Waals surface area contributed by atoms with Gasteiger partial charge in [0.2, 0.25) is 0 Å². The van der Waals surface area contributed by atoms with Crippen LogP contribution in [0.3, 0.4) is 0 Å². The average Bonchev–Trinajstić information content (AvgIpc) is 2.71. The normalized spacial score (nSPS) is 17.0. The summed E-state index contributed by atoms with van der Waals surface area (Å²) in [4.78, 5) is 7.19. The first-order chi connectivity index (χ1) is 13.1. The third-order valence-electron chi connectivity index (χ3n) is 5.33. The molecule has 0 saturated carbocycles. The summed E-state index contributed by atoms with van der Waals surface area (Å²) in [7, 11) is 0. The predicted molar refractivity (Wildman–Crippen MR) is 110 cm³/mol. The van der Waals surface area contributed by atoms with Crippen LogP contribution in [-0.4, -0.2) is 28.1 Å². The second-order valence-electron chi connectivity index (χ2n) is 7.19. The van der Waals surface area contributed by atoms with E-state index >= 15 is 0 Å². The summed E-state index contributed by atoms with van der Waals surface area (Å²) in [6.45, 7) is 2.49. The van der Waals surface area contributed by atoms with Gasteiger partial charge >= 0.3 is 0 Å². The number of piperidine rings is 1. The number of halogens is 1. The van der Waals surface area contributed by atoms with Crippen LogP contribution in [0, 0.1) is 0 Å². The van der Waals surface area contributed by atoms with Crippen LogP contribution in [0.2, 0.25) is 5.02 Å². The number of hydrogen-bond donors (Lipinski definition) is 1. The summed E-state index contributed by atoms with van der Waals surface area (Å²) in [5.74, 6) is 0. The number of pyridine rings is 1. The standard InChI is InChI=1S/C23H23ClN2O/c24-20-11-9-19(10-12-20)23(27)13-15-26(16-14-23)17-21-7-4-8-22(25-21)18-5-2-1-3-6-18/h1-12,27H,13-17H2. The Bertz CT molecular complexity index is 888. The molecule has 2 heterocycles. The van der Waals surface area contributed by atoms with Gasteiger partial charge in [-0.3, -0.25) is 9.88 Å². The Morgan fingerprint density at radius 3 is 2.30 bits per heavy atom. The summed E-state index contributed by atoms with van der Waals surface area (Å²) < 4.78 is 0. The van der Waals surface area contributed by atoms with Crippen molar-refractivity contribution >= 4 is 11.6 Å². The first-order valence-electron chi connectivity index (χ1n) is 9.35. The molecule has 0 atom stereocenters. The minimum absolute atomic E-state index is 0.698. The summed E-state index contributed by atoms with van der Waals surface area (Å²) in [6, 6.07) is 24.0. The predicted octanol–water partition coefficient (Wildman–Crippen LogP) is 4.89. The van der Waals surface area contributed by atoms with E-state index in [2.05, 4.69) is 29.2 Å². The molecule has 1 aromatic heterocycles. The Morgan fingerprint density at radius 1 is 0.889 bits per heavy atom. The van der Waals surface area contributed by atoms with Crippen molar-refractivity contribution in [3.63, 3.8) is 0 Å². The fourth-order valence-corrected chi connectivity index (χ4v) is 3.82. The van der Waals surface area contributed by atoms with E-state index in [0.29, 0.717) is 17.9 Å². The molecule has 0 unspecified atom stereocenters. The van der Waals surface area contributed by atoms with Gasteiger partial charge in [0, 0.05) is 30.2 Å². The van der Waals surface area contributed by atoms with Crippen molar-refractivity contribution in [3.05, 3.63) is 89.1 Å². The van der Waals surface area contributed by atoms with E-state index in [1.165, 1.54) is 0 Å². The van der Waals surface area contributed by atoms with Gasteiger partial charge in [-0.25, -0.2) is 0 Å². The highest BCUT2D eigenvalue weighted by atomic mass is 35.5. The van der Waals surface area contributed by atoms with E-state index in [1.807, 2.05) is 48.5 Å². The highest BCUT2D eigenvalue weighted by Crippen LogP contribution is 2.33. The molecule has 1 aliphatic heterocycles. The van der Waals surface area contributed by atoms with E-state index in [-0.39, 0.29) is 0 Å². The molecule has 1 aliphatic rings. The molecule has 3 aromatic rings. The quantitative estimate of drug-likeness (QED) is 0.702. The van der Waals surface area contributed by atoms with Crippen LogP contribution in [0.1, 0.15) is 24.1 Å². The Balaban J connectivity index is 1.42. The maximum atomic E-state index is 11.0. The summed E-state index contributed by atoms with van der Waals surface area (Å²) in [5.41, 5.74) is 3.39. The Kier molecular flexibility index (Phi) is 5.26. The molecule has 0 bridgehead atoms. The van der Waals surface area contributed by atoms with Crippen LogP contribution in [0.4, 0.5) is 0 Å². The number of rotatable bonds is 4. The molecule has 0 radical (unpaired) electrons. The van der Waals surface area contributed by atoms with Crippen molar-refractivity contribution < 1.29 is 5.11 Å². The van der Waals surface area contributed by atoms with Gasteiger partial charge in [0.05, 0.1) is 17.0 Å². The minimum atomic E-state index is -0.763. The number of hydrogen-bond acceptors (Lipinski definition) is 3. The second-order valence-corrected chi connectivity index (χ2v) is 7.63. The largest absolute Gasteiger partial charge is 0.385 e. The number of likely N-dealkylation sites (tertiary alicyclic amines) is 1. The van der Waals surface area contributed by atoms with Gasteiger partial charge < -0.3 is 5.11 Å². The molecule has 2 aromatic carbocycles. The summed E-state index contributed by atoms with van der Waals surface area (Å²) in [6.07, 6.45) is 1.43. The lowest BCUT2D eigenvalue weighted by atomic mass is 9.84. The van der Waals surface area contributed by atoms with Crippen molar-refractivity contribution in [2.75, 3.05) is 13.1 Å². The minimum Gasteiger partial charge on any atom is -0.385 e. The molecule has 27 heavy (non-hydrogen) atoms. The molecule has 1 N–H and O–H groups in total. The van der Waals surface area contributed by atoms with Crippen LogP contribution in [0.15, 0.2) is 72.8 Å². The molecule has 138 valence electrons. The molecule has 3 nitrogen and oxygen atoms in total. The monoisotopic (exact) mass is 378 g/mol. The number of aromatic nitrogens is 1. The van der Waals surface area contributed by atoms with Crippen molar-refractivity contribution in [1.82, 2.24) is 9.88 Å². The maximum absolute atomic E-state index is 11.0. The van der Waals surface area contributed by atoms with Crippen molar-refractivity contribution in [2.24, 2.45) is 0 Å². The molecule has 0 spiro atoms. The number of aliphatic hydroxyl groups is 1. The molecule has 4 heteroatoms. The molecule has 1 fully saturated rings. The first-order valence-corrected chi connectivity index (χ1v) is 9.72. The first kappa shape index (κ1) is 18.2. The van der Waals surface area contributed by atoms with E-state index in [0.717, 1.165) is 42.1 Å². The number of benzene rings is 2. The third kappa shape index (κ3) is 4.22. The van der Waals surface area contributed by atoms with Gasteiger partial charge in [0.1, 0.15) is 0 Å². The topological polar surface area (TPSA) is 36.4 Å². The molecule has 0 aliphatic carbocycles. The molecular weight excluding hydrogens is 356 g/mol. The summed E-state index contributed by atoms with van der Waals surface area (Å²) >= 11 is 5.97. The van der Waals surface area contributed by atoms with Gasteiger partial charge in [-0.1, -0.05) is 60.1 Å². The highest BCUT2D eigenvalue weighted by molar-refractivity contribution is 6.30. The smallest absolute Gasteiger partial charge is 0.0920 e. The van der Waals surface area contributed by atoms with Gasteiger partial charge in [-0.2, -0.15) is 0 Å². The van der Waals surface area contributed by atoms with Gasteiger partial charge in [0.15, 0.2) is 0 Å². The SMILES string of the molecule is OC1(c2ccc(Cl)cc2)CCN(Cc2cccc(-c3ccccc3)n2)CC1. The Hall–Kier alpha value is -2.20. The van der Waals surface area contributed by atoms with E-state index < -0.39 is 5.60 Å². The van der Waals surface area contributed by atoms with Crippen LogP contribution in [0.5, 0.6) is 0 Å². The molecule has 4 rings (SSSR count). The van der Waals surface area contributed by atoms with E-state index in [1.54, 1.807) is 0 Å². The van der Waals surface area contributed by atoms with Crippen molar-refractivity contribution in [1.29, 1.82) is 0 Å². The zero-order chi connectivity index (χ0) is 18.7. The van der Waals surface area contributed by atoms with Gasteiger partial charge in [-0.15, -0.1) is 0 Å².